The zero-order valence-electron chi connectivity index (χ0n) is 7.77. The van der Waals surface area contributed by atoms with Crippen molar-refractivity contribution >= 4 is 17.3 Å². The Morgan fingerprint density at radius 1 is 1.86 bits per heavy atom. The summed E-state index contributed by atoms with van der Waals surface area (Å²) in [6.45, 7) is 0.223. The Morgan fingerprint density at radius 3 is 3.14 bits per heavy atom. The minimum absolute atomic E-state index is 0.223. The summed E-state index contributed by atoms with van der Waals surface area (Å²) in [6.07, 6.45) is 0.377. The lowest BCUT2D eigenvalue weighted by Gasteiger charge is -2.11. The molecule has 14 heavy (non-hydrogen) atoms. The monoisotopic (exact) mass is 216 g/mol. The summed E-state index contributed by atoms with van der Waals surface area (Å²) < 4.78 is 4.75. The molecule has 1 atom stereocenters. The molecule has 0 saturated carbocycles. The molecule has 0 aliphatic rings. The third-order valence-corrected chi connectivity index (χ3v) is 2.30. The first kappa shape index (κ1) is 11.1. The van der Waals surface area contributed by atoms with Crippen LogP contribution in [0.5, 0.6) is 0 Å². The van der Waals surface area contributed by atoms with Gasteiger partial charge in [0.2, 0.25) is 0 Å². The molecular weight excluding hydrogens is 204 g/mol. The Morgan fingerprint density at radius 2 is 2.64 bits per heavy atom. The molecule has 78 valence electrons. The highest BCUT2D eigenvalue weighted by atomic mass is 32.1. The summed E-state index contributed by atoms with van der Waals surface area (Å²) in [5.74, 6) is -0.893. The molecule has 6 heteroatoms. The van der Waals surface area contributed by atoms with Gasteiger partial charge in [-0.05, 0) is 0 Å². The Bertz CT molecular complexity index is 276. The Kier molecular flexibility index (Phi) is 4.51. The van der Waals surface area contributed by atoms with Gasteiger partial charge in [0.05, 0.1) is 17.9 Å². The molecule has 0 radical (unpaired) electrons. The summed E-state index contributed by atoms with van der Waals surface area (Å²) in [4.78, 5) is 14.8. The van der Waals surface area contributed by atoms with Gasteiger partial charge in [-0.1, -0.05) is 0 Å². The number of nitrogens with zero attached hydrogens (tertiary/aromatic N) is 1. The molecule has 0 saturated heterocycles. The summed E-state index contributed by atoms with van der Waals surface area (Å²) in [6, 6.07) is -0.642. The normalized spacial score (nSPS) is 12.6. The lowest BCUT2D eigenvalue weighted by atomic mass is 10.2. The first-order valence-electron chi connectivity index (χ1n) is 4.06. The van der Waals surface area contributed by atoms with Gasteiger partial charge >= 0.3 is 5.97 Å². The van der Waals surface area contributed by atoms with Crippen LogP contribution in [0.15, 0.2) is 10.9 Å². The zero-order chi connectivity index (χ0) is 10.4. The van der Waals surface area contributed by atoms with Crippen molar-refractivity contribution < 1.29 is 14.6 Å². The van der Waals surface area contributed by atoms with Gasteiger partial charge in [0.15, 0.2) is 0 Å². The van der Waals surface area contributed by atoms with E-state index in [0.717, 1.165) is 5.69 Å². The topological polar surface area (TPSA) is 71.5 Å². The molecule has 0 amide bonds. The highest BCUT2D eigenvalue weighted by Gasteiger charge is 2.17. The smallest absolute Gasteiger partial charge is 0.321 e. The van der Waals surface area contributed by atoms with Gasteiger partial charge < -0.3 is 9.84 Å². The molecule has 0 bridgehead atoms. The van der Waals surface area contributed by atoms with Crippen molar-refractivity contribution in [2.24, 2.45) is 0 Å². The number of hydrogen-bond acceptors (Lipinski definition) is 5. The Hall–Kier alpha value is -0.980. The van der Waals surface area contributed by atoms with Gasteiger partial charge in [0.1, 0.15) is 6.04 Å². The van der Waals surface area contributed by atoms with Crippen LogP contribution >= 0.6 is 11.3 Å². The van der Waals surface area contributed by atoms with Gasteiger partial charge in [-0.3, -0.25) is 10.1 Å². The molecule has 1 rings (SSSR count). The van der Waals surface area contributed by atoms with Gasteiger partial charge in [-0.15, -0.1) is 11.3 Å². The van der Waals surface area contributed by atoms with E-state index < -0.39 is 12.0 Å². The van der Waals surface area contributed by atoms with Gasteiger partial charge in [0, 0.05) is 18.9 Å². The molecule has 0 fully saturated rings. The first-order chi connectivity index (χ1) is 6.74. The van der Waals surface area contributed by atoms with Crippen LogP contribution in [0.2, 0.25) is 0 Å². The SMILES string of the molecule is COCNC(Cc1cscn1)C(=O)O. The number of carboxylic acids is 1. The minimum atomic E-state index is -0.893. The number of aliphatic carboxylic acids is 1. The number of carboxylic acid groups (broad SMARTS) is 1. The van der Waals surface area contributed by atoms with Crippen LogP contribution in [-0.4, -0.2) is 35.9 Å². The largest absolute Gasteiger partial charge is 0.480 e. The third-order valence-electron chi connectivity index (χ3n) is 1.67. The second-order valence-corrected chi connectivity index (χ2v) is 3.43. The molecule has 0 aromatic carbocycles. The van der Waals surface area contributed by atoms with Crippen LogP contribution in [0.4, 0.5) is 0 Å². The number of methoxy groups -OCH3 is 1. The Balaban J connectivity index is 2.47. The van der Waals surface area contributed by atoms with Crippen LogP contribution in [0, 0.1) is 0 Å². The molecule has 0 aliphatic carbocycles. The molecule has 1 unspecified atom stereocenters. The quantitative estimate of drug-likeness (QED) is 0.671. The van der Waals surface area contributed by atoms with E-state index in [2.05, 4.69) is 10.3 Å². The van der Waals surface area contributed by atoms with Crippen LogP contribution in [0.1, 0.15) is 5.69 Å². The van der Waals surface area contributed by atoms with Crippen molar-refractivity contribution in [3.63, 3.8) is 0 Å². The second-order valence-electron chi connectivity index (χ2n) is 2.71. The summed E-state index contributed by atoms with van der Waals surface area (Å²) >= 11 is 1.45. The van der Waals surface area contributed by atoms with Crippen molar-refractivity contribution in [1.29, 1.82) is 0 Å². The maximum absolute atomic E-state index is 10.8. The van der Waals surface area contributed by atoms with E-state index in [1.54, 1.807) is 5.51 Å². The lowest BCUT2D eigenvalue weighted by Crippen LogP contribution is -2.39. The molecule has 0 spiro atoms. The number of hydrogen-bond donors (Lipinski definition) is 2. The first-order valence-corrected chi connectivity index (χ1v) is 5.00. The van der Waals surface area contributed by atoms with E-state index in [1.165, 1.54) is 18.4 Å². The van der Waals surface area contributed by atoms with Crippen LogP contribution in [0.25, 0.3) is 0 Å². The fraction of sp³-hybridized carbons (Fsp3) is 0.500. The zero-order valence-corrected chi connectivity index (χ0v) is 8.58. The van der Waals surface area contributed by atoms with Crippen molar-refractivity contribution in [3.05, 3.63) is 16.6 Å². The average molecular weight is 216 g/mol. The minimum Gasteiger partial charge on any atom is -0.480 e. The lowest BCUT2D eigenvalue weighted by molar-refractivity contribution is -0.139. The van der Waals surface area contributed by atoms with Crippen LogP contribution < -0.4 is 5.32 Å². The predicted octanol–water partition coefficient (Wildman–Crippen LogP) is 0.332. The molecule has 5 nitrogen and oxygen atoms in total. The molecule has 1 aromatic heterocycles. The molecule has 2 N–H and O–H groups in total. The van der Waals surface area contributed by atoms with Crippen molar-refractivity contribution in [1.82, 2.24) is 10.3 Å². The number of carbonyl (C=O) groups is 1. The van der Waals surface area contributed by atoms with Crippen molar-refractivity contribution in [3.8, 4) is 0 Å². The Labute approximate surface area is 85.7 Å². The molecule has 1 heterocycles. The van der Waals surface area contributed by atoms with E-state index in [0.29, 0.717) is 6.42 Å². The van der Waals surface area contributed by atoms with E-state index in [4.69, 9.17) is 9.84 Å². The summed E-state index contributed by atoms with van der Waals surface area (Å²) in [7, 11) is 1.51. The average Bonchev–Trinajstić information content (AvgIpc) is 2.64. The van der Waals surface area contributed by atoms with Crippen LogP contribution in [-0.2, 0) is 16.0 Å². The summed E-state index contributed by atoms with van der Waals surface area (Å²) in [5.41, 5.74) is 2.47. The maximum atomic E-state index is 10.8. The summed E-state index contributed by atoms with van der Waals surface area (Å²) in [5, 5.41) is 13.4. The van der Waals surface area contributed by atoms with Crippen molar-refractivity contribution in [2.75, 3.05) is 13.8 Å². The third kappa shape index (κ3) is 3.41. The maximum Gasteiger partial charge on any atom is 0.321 e. The van der Waals surface area contributed by atoms with Gasteiger partial charge in [-0.25, -0.2) is 4.98 Å². The molecule has 1 aromatic rings. The predicted molar refractivity (Wildman–Crippen MR) is 52.3 cm³/mol. The number of ether oxygens (including phenoxy) is 1. The van der Waals surface area contributed by atoms with E-state index in [1.807, 2.05) is 5.38 Å². The van der Waals surface area contributed by atoms with E-state index >= 15 is 0 Å². The number of aromatic nitrogens is 1. The number of thiazole rings is 1. The molecule has 0 aliphatic heterocycles. The highest BCUT2D eigenvalue weighted by molar-refractivity contribution is 7.07. The van der Waals surface area contributed by atoms with E-state index in [-0.39, 0.29) is 6.73 Å². The van der Waals surface area contributed by atoms with Gasteiger partial charge in [-0.2, -0.15) is 0 Å². The van der Waals surface area contributed by atoms with Crippen molar-refractivity contribution in [2.45, 2.75) is 12.5 Å². The number of nitrogens with one attached hydrogen (secondary N) is 1. The number of rotatable bonds is 6. The standard InChI is InChI=1S/C8H12N2O3S/c1-13-4-9-7(8(11)12)2-6-3-14-5-10-6/h3,5,7,9H,2,4H2,1H3,(H,11,12). The fourth-order valence-corrected chi connectivity index (χ4v) is 1.55. The molecular formula is C8H12N2O3S. The van der Waals surface area contributed by atoms with E-state index in [9.17, 15) is 4.79 Å². The van der Waals surface area contributed by atoms with Crippen LogP contribution in [0.3, 0.4) is 0 Å². The fourth-order valence-electron chi connectivity index (χ4n) is 0.978. The van der Waals surface area contributed by atoms with Gasteiger partial charge in [0.25, 0.3) is 0 Å². The highest BCUT2D eigenvalue weighted by Crippen LogP contribution is 2.04. The second kappa shape index (κ2) is 5.69.